The number of hydrogen-bond acceptors (Lipinski definition) is 8. The maximum Gasteiger partial charge on any atom is 0.254 e. The van der Waals surface area contributed by atoms with E-state index in [4.69, 9.17) is 40.5 Å². The first-order valence-corrected chi connectivity index (χ1v) is 15.3. The fraction of sp³-hybridized carbons (Fsp3) is 0.250. The zero-order valence-corrected chi connectivity index (χ0v) is 27.2. The summed E-state index contributed by atoms with van der Waals surface area (Å²) in [4.78, 5) is 28.0. The zero-order chi connectivity index (χ0) is 32.4. The van der Waals surface area contributed by atoms with Crippen molar-refractivity contribution < 1.29 is 23.7 Å². The SMILES string of the molecule is COc1ccc(-c2nc3ccc(C(=O)N4CCN(c5cc(Cl)ccc5C)CC4)cc3nc2-c2ccc(OC)c(OC)c2)cc1OC. The summed E-state index contributed by atoms with van der Waals surface area (Å²) < 4.78 is 22.1. The fourth-order valence-electron chi connectivity index (χ4n) is 5.81. The van der Waals surface area contributed by atoms with Gasteiger partial charge in [0.1, 0.15) is 0 Å². The van der Waals surface area contributed by atoms with Crippen molar-refractivity contribution in [2.45, 2.75) is 6.92 Å². The molecule has 46 heavy (non-hydrogen) atoms. The molecule has 1 aliphatic heterocycles. The molecule has 0 saturated carbocycles. The third kappa shape index (κ3) is 5.98. The van der Waals surface area contributed by atoms with Crippen molar-refractivity contribution in [3.63, 3.8) is 0 Å². The van der Waals surface area contributed by atoms with E-state index in [1.165, 1.54) is 0 Å². The molecular formula is C36H35ClN4O5. The van der Waals surface area contributed by atoms with E-state index in [0.29, 0.717) is 69.1 Å². The molecule has 9 nitrogen and oxygen atoms in total. The number of ether oxygens (including phenoxy) is 4. The topological polar surface area (TPSA) is 86.3 Å². The Bertz CT molecular complexity index is 1920. The lowest BCUT2D eigenvalue weighted by atomic mass is 10.0. The van der Waals surface area contributed by atoms with Gasteiger partial charge in [-0.2, -0.15) is 0 Å². The summed E-state index contributed by atoms with van der Waals surface area (Å²) in [5, 5.41) is 0.707. The van der Waals surface area contributed by atoms with Gasteiger partial charge >= 0.3 is 0 Å². The van der Waals surface area contributed by atoms with E-state index < -0.39 is 0 Å². The molecule has 1 fully saturated rings. The van der Waals surface area contributed by atoms with Crippen molar-refractivity contribution in [1.82, 2.24) is 14.9 Å². The second-order valence-electron chi connectivity index (χ2n) is 11.0. The van der Waals surface area contributed by atoms with Gasteiger partial charge in [0.25, 0.3) is 5.91 Å². The van der Waals surface area contributed by atoms with Crippen LogP contribution in [-0.4, -0.2) is 75.4 Å². The number of nitrogens with zero attached hydrogens (tertiary/aromatic N) is 4. The van der Waals surface area contributed by atoms with Gasteiger partial charge in [0.2, 0.25) is 0 Å². The lowest BCUT2D eigenvalue weighted by molar-refractivity contribution is 0.0747. The number of methoxy groups -OCH3 is 4. The van der Waals surface area contributed by atoms with Crippen LogP contribution in [0.25, 0.3) is 33.5 Å². The van der Waals surface area contributed by atoms with Crippen LogP contribution in [0.3, 0.4) is 0 Å². The van der Waals surface area contributed by atoms with Crippen LogP contribution in [0.4, 0.5) is 5.69 Å². The number of aromatic nitrogens is 2. The second kappa shape index (κ2) is 13.1. The highest BCUT2D eigenvalue weighted by Crippen LogP contribution is 2.39. The number of piperazine rings is 1. The Hall–Kier alpha value is -5.02. The molecule has 1 amide bonds. The molecule has 236 valence electrons. The molecule has 5 aromatic rings. The Morgan fingerprint density at radius 2 is 1.22 bits per heavy atom. The summed E-state index contributed by atoms with van der Waals surface area (Å²) in [6, 6.07) is 22.7. The molecule has 0 atom stereocenters. The Kier molecular flexibility index (Phi) is 8.85. The minimum Gasteiger partial charge on any atom is -0.493 e. The largest absolute Gasteiger partial charge is 0.493 e. The Morgan fingerprint density at radius 1 is 0.652 bits per heavy atom. The number of rotatable bonds is 8. The smallest absolute Gasteiger partial charge is 0.254 e. The summed E-state index contributed by atoms with van der Waals surface area (Å²) in [5.74, 6) is 2.32. The Morgan fingerprint density at radius 3 is 1.78 bits per heavy atom. The van der Waals surface area contributed by atoms with Crippen molar-refractivity contribution in [2.75, 3.05) is 59.5 Å². The molecule has 0 radical (unpaired) electrons. The van der Waals surface area contributed by atoms with Gasteiger partial charge in [-0.25, -0.2) is 9.97 Å². The predicted molar refractivity (Wildman–Crippen MR) is 181 cm³/mol. The van der Waals surface area contributed by atoms with E-state index >= 15 is 0 Å². The van der Waals surface area contributed by atoms with E-state index in [1.54, 1.807) is 28.4 Å². The normalized spacial score (nSPS) is 13.1. The van der Waals surface area contributed by atoms with E-state index in [9.17, 15) is 4.79 Å². The summed E-state index contributed by atoms with van der Waals surface area (Å²) in [6.45, 7) is 4.72. The van der Waals surface area contributed by atoms with E-state index in [1.807, 2.05) is 77.7 Å². The van der Waals surface area contributed by atoms with Gasteiger partial charge in [0.15, 0.2) is 23.0 Å². The summed E-state index contributed by atoms with van der Waals surface area (Å²) in [7, 11) is 6.39. The number of carbonyl (C=O) groups is 1. The Labute approximate surface area is 273 Å². The highest BCUT2D eigenvalue weighted by molar-refractivity contribution is 6.30. The van der Waals surface area contributed by atoms with Crippen LogP contribution >= 0.6 is 11.6 Å². The standard InChI is InChI=1S/C36H35ClN4O5/c1-22-6-10-26(37)21-29(22)40-14-16-41(17-15-40)36(42)25-7-11-27-28(18-25)39-35(24-9-13-31(44-3)33(20-24)46-5)34(38-27)23-8-12-30(43-2)32(19-23)45-4/h6-13,18-21H,14-17H2,1-5H3. The molecule has 0 N–H and O–H groups in total. The van der Waals surface area contributed by atoms with Crippen molar-refractivity contribution in [3.05, 3.63) is 88.9 Å². The maximum atomic E-state index is 13.7. The fourth-order valence-corrected chi connectivity index (χ4v) is 5.98. The number of carbonyl (C=O) groups excluding carboxylic acids is 1. The Balaban J connectivity index is 1.36. The van der Waals surface area contributed by atoms with Crippen LogP contribution in [0.2, 0.25) is 5.02 Å². The molecule has 10 heteroatoms. The average molecular weight is 639 g/mol. The number of fused-ring (bicyclic) bond motifs is 1. The number of anilines is 1. The summed E-state index contributed by atoms with van der Waals surface area (Å²) in [6.07, 6.45) is 0. The number of benzene rings is 4. The van der Waals surface area contributed by atoms with E-state index in [0.717, 1.165) is 35.5 Å². The zero-order valence-electron chi connectivity index (χ0n) is 26.5. The van der Waals surface area contributed by atoms with E-state index in [2.05, 4.69) is 11.8 Å². The van der Waals surface area contributed by atoms with Crippen LogP contribution < -0.4 is 23.8 Å². The number of aryl methyl sites for hydroxylation is 1. The average Bonchev–Trinajstić information content (AvgIpc) is 3.10. The minimum absolute atomic E-state index is 0.0391. The van der Waals surface area contributed by atoms with Crippen molar-refractivity contribution >= 4 is 34.2 Å². The molecule has 0 bridgehead atoms. The molecule has 6 rings (SSSR count). The van der Waals surface area contributed by atoms with Gasteiger partial charge in [0, 0.05) is 53.6 Å². The summed E-state index contributed by atoms with van der Waals surface area (Å²) in [5.41, 5.74) is 6.93. The highest BCUT2D eigenvalue weighted by atomic mass is 35.5. The third-order valence-corrected chi connectivity index (χ3v) is 8.54. The molecule has 0 aliphatic carbocycles. The first kappa shape index (κ1) is 31.0. The van der Waals surface area contributed by atoms with Gasteiger partial charge in [-0.3, -0.25) is 4.79 Å². The minimum atomic E-state index is -0.0391. The first-order chi connectivity index (χ1) is 22.3. The second-order valence-corrected chi connectivity index (χ2v) is 11.4. The molecular weight excluding hydrogens is 604 g/mol. The number of hydrogen-bond donors (Lipinski definition) is 0. The van der Waals surface area contributed by atoms with Crippen LogP contribution in [0.1, 0.15) is 15.9 Å². The molecule has 1 aliphatic rings. The van der Waals surface area contributed by atoms with Gasteiger partial charge in [-0.05, 0) is 79.2 Å². The van der Waals surface area contributed by atoms with Crippen LogP contribution in [-0.2, 0) is 0 Å². The molecule has 2 heterocycles. The quantitative estimate of drug-likeness (QED) is 0.181. The van der Waals surface area contributed by atoms with Gasteiger partial charge in [-0.15, -0.1) is 0 Å². The predicted octanol–water partition coefficient (Wildman–Crippen LogP) is 6.92. The number of amides is 1. The molecule has 0 unspecified atom stereocenters. The third-order valence-electron chi connectivity index (χ3n) is 8.30. The van der Waals surface area contributed by atoms with Gasteiger partial charge in [-0.1, -0.05) is 17.7 Å². The van der Waals surface area contributed by atoms with Gasteiger partial charge < -0.3 is 28.7 Å². The highest BCUT2D eigenvalue weighted by Gasteiger charge is 2.24. The van der Waals surface area contributed by atoms with Crippen LogP contribution in [0, 0.1) is 6.92 Å². The van der Waals surface area contributed by atoms with Crippen LogP contribution in [0.5, 0.6) is 23.0 Å². The van der Waals surface area contributed by atoms with Crippen LogP contribution in [0.15, 0.2) is 72.8 Å². The molecule has 0 spiro atoms. The summed E-state index contributed by atoms with van der Waals surface area (Å²) >= 11 is 6.27. The first-order valence-electron chi connectivity index (χ1n) is 14.9. The molecule has 1 saturated heterocycles. The van der Waals surface area contributed by atoms with Crippen molar-refractivity contribution in [1.29, 1.82) is 0 Å². The molecule has 1 aromatic heterocycles. The lowest BCUT2D eigenvalue weighted by Gasteiger charge is -2.37. The van der Waals surface area contributed by atoms with Crippen molar-refractivity contribution in [2.24, 2.45) is 0 Å². The van der Waals surface area contributed by atoms with Crippen molar-refractivity contribution in [3.8, 4) is 45.5 Å². The lowest BCUT2D eigenvalue weighted by Crippen LogP contribution is -2.49. The monoisotopic (exact) mass is 638 g/mol. The van der Waals surface area contributed by atoms with E-state index in [-0.39, 0.29) is 5.91 Å². The van der Waals surface area contributed by atoms with Gasteiger partial charge in [0.05, 0.1) is 50.9 Å². The molecule has 4 aromatic carbocycles. The maximum absolute atomic E-state index is 13.7. The number of halogens is 1.